The lowest BCUT2D eigenvalue weighted by atomic mass is 10.2. The number of hydrogen-bond acceptors (Lipinski definition) is 3. The van der Waals surface area contributed by atoms with E-state index in [0.29, 0.717) is 0 Å². The van der Waals surface area contributed by atoms with E-state index in [9.17, 15) is 0 Å². The monoisotopic (exact) mass is 212 g/mol. The van der Waals surface area contributed by atoms with Crippen molar-refractivity contribution < 1.29 is 4.42 Å². The lowest BCUT2D eigenvalue weighted by molar-refractivity contribution is 0.660. The van der Waals surface area contributed by atoms with Crippen LogP contribution in [0.25, 0.3) is 22.1 Å². The maximum atomic E-state index is 5.79. The van der Waals surface area contributed by atoms with Crippen LogP contribution in [-0.2, 0) is 0 Å². The third kappa shape index (κ3) is 1.21. The molecule has 0 aliphatic heterocycles. The number of rotatable bonds is 0. The third-order valence-electron chi connectivity index (χ3n) is 2.75. The lowest BCUT2D eigenvalue weighted by Gasteiger charge is -1.95. The highest BCUT2D eigenvalue weighted by atomic mass is 16.3. The summed E-state index contributed by atoms with van der Waals surface area (Å²) in [5.41, 5.74) is 4.69. The van der Waals surface area contributed by atoms with Crippen LogP contribution in [-0.4, -0.2) is 9.97 Å². The van der Waals surface area contributed by atoms with E-state index in [1.165, 1.54) is 5.56 Å². The zero-order chi connectivity index (χ0) is 11.3. The third-order valence-corrected chi connectivity index (χ3v) is 2.75. The number of fused-ring (bicyclic) bond motifs is 3. The van der Waals surface area contributed by atoms with E-state index in [2.05, 4.69) is 29.0 Å². The smallest absolute Gasteiger partial charge is 0.175 e. The molecule has 3 heteroatoms. The lowest BCUT2D eigenvalue weighted by Crippen LogP contribution is -1.90. The molecule has 0 atom stereocenters. The van der Waals surface area contributed by atoms with E-state index >= 15 is 0 Å². The van der Waals surface area contributed by atoms with E-state index in [1.807, 2.05) is 19.9 Å². The van der Waals surface area contributed by atoms with Gasteiger partial charge in [0.15, 0.2) is 5.58 Å². The van der Waals surface area contributed by atoms with Gasteiger partial charge in [0, 0.05) is 5.39 Å². The molecule has 0 aliphatic carbocycles. The van der Waals surface area contributed by atoms with Crippen LogP contribution in [0, 0.1) is 20.8 Å². The Hall–Kier alpha value is -1.90. The van der Waals surface area contributed by atoms with Gasteiger partial charge in [-0.05, 0) is 38.5 Å². The second kappa shape index (κ2) is 3.04. The Kier molecular flexibility index (Phi) is 1.78. The molecule has 80 valence electrons. The molecule has 0 saturated heterocycles. The van der Waals surface area contributed by atoms with E-state index in [-0.39, 0.29) is 0 Å². The highest BCUT2D eigenvalue weighted by Crippen LogP contribution is 2.29. The first kappa shape index (κ1) is 9.33. The van der Waals surface area contributed by atoms with Crippen molar-refractivity contribution in [1.29, 1.82) is 0 Å². The average Bonchev–Trinajstić information content (AvgIpc) is 2.56. The maximum absolute atomic E-state index is 5.79. The van der Waals surface area contributed by atoms with Crippen LogP contribution in [0.15, 0.2) is 22.6 Å². The van der Waals surface area contributed by atoms with Crippen molar-refractivity contribution in [3.8, 4) is 0 Å². The van der Waals surface area contributed by atoms with Crippen molar-refractivity contribution in [2.45, 2.75) is 20.8 Å². The number of benzene rings is 1. The fourth-order valence-electron chi connectivity index (χ4n) is 2.03. The second-order valence-electron chi connectivity index (χ2n) is 4.14. The molecule has 16 heavy (non-hydrogen) atoms. The van der Waals surface area contributed by atoms with Crippen LogP contribution >= 0.6 is 0 Å². The summed E-state index contributed by atoms with van der Waals surface area (Å²) in [5.74, 6) is 0.785. The predicted molar refractivity (Wildman–Crippen MR) is 63.5 cm³/mol. The fourth-order valence-corrected chi connectivity index (χ4v) is 2.03. The minimum Gasteiger partial charge on any atom is -0.452 e. The SMILES string of the molecule is Cc1ccc2c(c1)oc1c(C)nc(C)nc12. The molecule has 0 aliphatic rings. The van der Waals surface area contributed by atoms with Crippen molar-refractivity contribution in [2.75, 3.05) is 0 Å². The van der Waals surface area contributed by atoms with Crippen LogP contribution in [0.1, 0.15) is 17.1 Å². The number of furan rings is 1. The molecule has 0 spiro atoms. The molecule has 0 saturated carbocycles. The molecular formula is C13H12N2O. The zero-order valence-electron chi connectivity index (χ0n) is 9.53. The summed E-state index contributed by atoms with van der Waals surface area (Å²) in [5, 5.41) is 1.06. The van der Waals surface area contributed by atoms with Crippen LogP contribution < -0.4 is 0 Å². The fraction of sp³-hybridized carbons (Fsp3) is 0.231. The number of aromatic nitrogens is 2. The zero-order valence-corrected chi connectivity index (χ0v) is 9.53. The Morgan fingerprint density at radius 2 is 1.88 bits per heavy atom. The summed E-state index contributed by atoms with van der Waals surface area (Å²) < 4.78 is 5.79. The molecule has 0 bridgehead atoms. The van der Waals surface area contributed by atoms with E-state index < -0.39 is 0 Å². The van der Waals surface area contributed by atoms with Crippen molar-refractivity contribution in [2.24, 2.45) is 0 Å². The first-order valence-electron chi connectivity index (χ1n) is 5.29. The highest BCUT2D eigenvalue weighted by Gasteiger charge is 2.11. The predicted octanol–water partition coefficient (Wildman–Crippen LogP) is 3.30. The van der Waals surface area contributed by atoms with Crippen molar-refractivity contribution in [1.82, 2.24) is 9.97 Å². The molecular weight excluding hydrogens is 200 g/mol. The average molecular weight is 212 g/mol. The van der Waals surface area contributed by atoms with Gasteiger partial charge in [0.25, 0.3) is 0 Å². The van der Waals surface area contributed by atoms with Crippen LogP contribution in [0.4, 0.5) is 0 Å². The quantitative estimate of drug-likeness (QED) is 0.574. The van der Waals surface area contributed by atoms with Gasteiger partial charge in [-0.25, -0.2) is 9.97 Å². The Morgan fingerprint density at radius 3 is 2.69 bits per heavy atom. The van der Waals surface area contributed by atoms with Gasteiger partial charge in [0.05, 0.1) is 5.69 Å². The van der Waals surface area contributed by atoms with Gasteiger partial charge in [-0.15, -0.1) is 0 Å². The summed E-state index contributed by atoms with van der Waals surface area (Å²) >= 11 is 0. The minimum absolute atomic E-state index is 0.785. The molecule has 0 radical (unpaired) electrons. The summed E-state index contributed by atoms with van der Waals surface area (Å²) in [7, 11) is 0. The van der Waals surface area contributed by atoms with Gasteiger partial charge in [-0.1, -0.05) is 6.07 Å². The van der Waals surface area contributed by atoms with Gasteiger partial charge >= 0.3 is 0 Å². The van der Waals surface area contributed by atoms with E-state index in [1.54, 1.807) is 0 Å². The summed E-state index contributed by atoms with van der Waals surface area (Å²) in [4.78, 5) is 8.76. The molecule has 0 fully saturated rings. The number of aryl methyl sites for hydroxylation is 3. The van der Waals surface area contributed by atoms with Gasteiger partial charge in [-0.2, -0.15) is 0 Å². The Bertz CT molecular complexity index is 698. The molecule has 0 unspecified atom stereocenters. The molecule has 0 N–H and O–H groups in total. The second-order valence-corrected chi connectivity index (χ2v) is 4.14. The first-order valence-corrected chi connectivity index (χ1v) is 5.29. The summed E-state index contributed by atoms with van der Waals surface area (Å²) in [6.45, 7) is 5.90. The van der Waals surface area contributed by atoms with Crippen LogP contribution in [0.5, 0.6) is 0 Å². The van der Waals surface area contributed by atoms with Crippen molar-refractivity contribution >= 4 is 22.1 Å². The number of nitrogens with zero attached hydrogens (tertiary/aromatic N) is 2. The maximum Gasteiger partial charge on any atom is 0.175 e. The summed E-state index contributed by atoms with van der Waals surface area (Å²) in [6.07, 6.45) is 0. The Balaban J connectivity index is 2.55. The van der Waals surface area contributed by atoms with E-state index in [4.69, 9.17) is 4.42 Å². The van der Waals surface area contributed by atoms with Crippen LogP contribution in [0.2, 0.25) is 0 Å². The van der Waals surface area contributed by atoms with Crippen molar-refractivity contribution in [3.05, 3.63) is 35.3 Å². The summed E-state index contributed by atoms with van der Waals surface area (Å²) in [6, 6.07) is 6.16. The number of hydrogen-bond donors (Lipinski definition) is 0. The topological polar surface area (TPSA) is 38.9 Å². The standard InChI is InChI=1S/C13H12N2O/c1-7-4-5-10-11(6-7)16-13-8(2)14-9(3)15-12(10)13/h4-6H,1-3H3. The largest absolute Gasteiger partial charge is 0.452 e. The first-order chi connectivity index (χ1) is 7.65. The molecule has 0 amide bonds. The normalized spacial score (nSPS) is 11.4. The minimum atomic E-state index is 0.785. The Morgan fingerprint density at radius 1 is 1.06 bits per heavy atom. The molecule has 2 aromatic heterocycles. The van der Waals surface area contributed by atoms with Gasteiger partial charge < -0.3 is 4.42 Å². The van der Waals surface area contributed by atoms with Crippen molar-refractivity contribution in [3.63, 3.8) is 0 Å². The molecule has 3 rings (SSSR count). The van der Waals surface area contributed by atoms with Crippen LogP contribution in [0.3, 0.4) is 0 Å². The van der Waals surface area contributed by atoms with Gasteiger partial charge in [-0.3, -0.25) is 0 Å². The highest BCUT2D eigenvalue weighted by molar-refractivity contribution is 6.03. The molecule has 3 nitrogen and oxygen atoms in total. The molecule has 3 aromatic rings. The van der Waals surface area contributed by atoms with E-state index in [0.717, 1.165) is 33.6 Å². The van der Waals surface area contributed by atoms with Gasteiger partial charge in [0.2, 0.25) is 0 Å². The molecule has 2 heterocycles. The Labute approximate surface area is 93.1 Å². The van der Waals surface area contributed by atoms with Gasteiger partial charge in [0.1, 0.15) is 16.9 Å². The molecule has 1 aromatic carbocycles.